The number of nitrogens with zero attached hydrogens (tertiary/aromatic N) is 2. The van der Waals surface area contributed by atoms with Gasteiger partial charge in [-0.15, -0.1) is 0 Å². The van der Waals surface area contributed by atoms with E-state index in [0.717, 1.165) is 51.4 Å². The molecule has 0 aliphatic heterocycles. The van der Waals surface area contributed by atoms with Gasteiger partial charge in [0.15, 0.2) is 0 Å². The number of rotatable bonds is 5. The van der Waals surface area contributed by atoms with Gasteiger partial charge in [-0.05, 0) is 38.5 Å². The molecule has 0 saturated heterocycles. The van der Waals surface area contributed by atoms with Crippen LogP contribution >= 0.6 is 0 Å². The van der Waals surface area contributed by atoms with Crippen molar-refractivity contribution < 1.29 is 14.6 Å². The Balaban J connectivity index is 1.64. The number of aromatic nitrogens is 2. The first-order valence-electron chi connectivity index (χ1n) is 8.82. The second kappa shape index (κ2) is 7.79. The number of ether oxygens (including phenoxy) is 1. The molecule has 2 aliphatic carbocycles. The van der Waals surface area contributed by atoms with E-state index in [1.165, 1.54) is 13.3 Å². The average Bonchev–Trinajstić information content (AvgIpc) is 3.38. The van der Waals surface area contributed by atoms with Crippen molar-refractivity contribution in [2.24, 2.45) is 0 Å². The maximum absolute atomic E-state index is 12.6. The molecule has 7 nitrogen and oxygen atoms in total. The highest BCUT2D eigenvalue weighted by molar-refractivity contribution is 5.96. The Morgan fingerprint density at radius 1 is 1.17 bits per heavy atom. The zero-order valence-corrected chi connectivity index (χ0v) is 14.1. The van der Waals surface area contributed by atoms with Crippen LogP contribution in [0.2, 0.25) is 0 Å². The highest BCUT2D eigenvalue weighted by Gasteiger charge is 2.24. The third-order valence-electron chi connectivity index (χ3n) is 4.63. The third kappa shape index (κ3) is 4.56. The largest absolute Gasteiger partial charge is 0.480 e. The minimum absolute atomic E-state index is 0.0708. The molecule has 0 radical (unpaired) electrons. The molecule has 132 valence electrons. The zero-order chi connectivity index (χ0) is 16.9. The van der Waals surface area contributed by atoms with E-state index in [-0.39, 0.29) is 23.9 Å². The van der Waals surface area contributed by atoms with Gasteiger partial charge in [0.05, 0.1) is 13.2 Å². The maximum Gasteiger partial charge on any atom is 0.258 e. The van der Waals surface area contributed by atoms with Crippen molar-refractivity contribution in [1.29, 1.82) is 0 Å². The molecule has 0 spiro atoms. The summed E-state index contributed by atoms with van der Waals surface area (Å²) in [5.41, 5.74) is 0.349. The molecule has 2 saturated carbocycles. The molecule has 3 N–H and O–H groups in total. The number of anilines is 1. The van der Waals surface area contributed by atoms with Gasteiger partial charge in [-0.1, -0.05) is 12.8 Å². The fraction of sp³-hybridized carbons (Fsp3) is 0.706. The molecular weight excluding hydrogens is 308 g/mol. The van der Waals surface area contributed by atoms with Crippen LogP contribution in [0.1, 0.15) is 61.7 Å². The topological polar surface area (TPSA) is 96.4 Å². The molecule has 2 aliphatic rings. The average molecular weight is 334 g/mol. The first kappa shape index (κ1) is 17.0. The van der Waals surface area contributed by atoms with Gasteiger partial charge in [0, 0.05) is 18.3 Å². The van der Waals surface area contributed by atoms with E-state index in [0.29, 0.717) is 17.6 Å². The maximum atomic E-state index is 12.6. The standard InChI is InChI=1S/C17H26N4O3/c1-24-16-14(10-18-17(21-16)20-12-6-7-12)15(23)19-11-4-2-3-5-13(22)9-8-11/h10-13,22H,2-9H2,1H3,(H,19,23)(H,18,20,21)/t11-,13+/m1/s1. The van der Waals surface area contributed by atoms with Crippen LogP contribution in [-0.4, -0.2) is 46.3 Å². The molecule has 1 amide bonds. The number of carbonyl (C=O) groups excluding carboxylic acids is 1. The van der Waals surface area contributed by atoms with E-state index in [1.54, 1.807) is 0 Å². The number of amides is 1. The van der Waals surface area contributed by atoms with Gasteiger partial charge in [-0.25, -0.2) is 4.98 Å². The van der Waals surface area contributed by atoms with E-state index in [4.69, 9.17) is 4.74 Å². The summed E-state index contributed by atoms with van der Waals surface area (Å²) < 4.78 is 5.27. The monoisotopic (exact) mass is 334 g/mol. The van der Waals surface area contributed by atoms with E-state index in [2.05, 4.69) is 20.6 Å². The van der Waals surface area contributed by atoms with Crippen LogP contribution in [-0.2, 0) is 0 Å². The molecule has 1 aromatic heterocycles. The second-order valence-electron chi connectivity index (χ2n) is 6.72. The molecule has 3 rings (SSSR count). The smallest absolute Gasteiger partial charge is 0.258 e. The molecule has 0 unspecified atom stereocenters. The van der Waals surface area contributed by atoms with Gasteiger partial charge in [-0.3, -0.25) is 4.79 Å². The lowest BCUT2D eigenvalue weighted by molar-refractivity contribution is 0.0906. The number of aliphatic hydroxyl groups excluding tert-OH is 1. The Bertz CT molecular complexity index is 577. The van der Waals surface area contributed by atoms with Crippen molar-refractivity contribution in [2.45, 2.75) is 69.6 Å². The van der Waals surface area contributed by atoms with Gasteiger partial charge in [0.2, 0.25) is 11.8 Å². The minimum Gasteiger partial charge on any atom is -0.480 e. The molecular formula is C17H26N4O3. The molecule has 7 heteroatoms. The van der Waals surface area contributed by atoms with Crippen LogP contribution < -0.4 is 15.4 Å². The van der Waals surface area contributed by atoms with Gasteiger partial charge in [0.1, 0.15) is 5.56 Å². The summed E-state index contributed by atoms with van der Waals surface area (Å²) in [5, 5.41) is 16.0. The first-order valence-corrected chi connectivity index (χ1v) is 8.82. The summed E-state index contributed by atoms with van der Waals surface area (Å²) in [7, 11) is 1.51. The second-order valence-corrected chi connectivity index (χ2v) is 6.72. The molecule has 24 heavy (non-hydrogen) atoms. The number of methoxy groups -OCH3 is 1. The van der Waals surface area contributed by atoms with Crippen molar-refractivity contribution in [3.63, 3.8) is 0 Å². The number of hydrogen-bond donors (Lipinski definition) is 3. The van der Waals surface area contributed by atoms with Crippen molar-refractivity contribution in [2.75, 3.05) is 12.4 Å². The van der Waals surface area contributed by atoms with Crippen molar-refractivity contribution >= 4 is 11.9 Å². The predicted molar refractivity (Wildman–Crippen MR) is 90.2 cm³/mol. The van der Waals surface area contributed by atoms with E-state index < -0.39 is 0 Å². The van der Waals surface area contributed by atoms with E-state index >= 15 is 0 Å². The van der Waals surface area contributed by atoms with Crippen LogP contribution in [0.15, 0.2) is 6.20 Å². The molecule has 0 aromatic carbocycles. The molecule has 2 fully saturated rings. The van der Waals surface area contributed by atoms with Crippen molar-refractivity contribution in [1.82, 2.24) is 15.3 Å². The van der Waals surface area contributed by atoms with E-state index in [9.17, 15) is 9.90 Å². The first-order chi connectivity index (χ1) is 11.7. The van der Waals surface area contributed by atoms with Crippen LogP contribution in [0.25, 0.3) is 0 Å². The number of aliphatic hydroxyl groups is 1. The molecule has 2 atom stereocenters. The lowest BCUT2D eigenvalue weighted by Crippen LogP contribution is -2.36. The highest BCUT2D eigenvalue weighted by atomic mass is 16.5. The van der Waals surface area contributed by atoms with Crippen molar-refractivity contribution in [3.8, 4) is 5.88 Å². The number of nitrogens with one attached hydrogen (secondary N) is 2. The molecule has 0 bridgehead atoms. The van der Waals surface area contributed by atoms with Crippen LogP contribution in [0.5, 0.6) is 5.88 Å². The summed E-state index contributed by atoms with van der Waals surface area (Å²) >= 11 is 0. The third-order valence-corrected chi connectivity index (χ3v) is 4.63. The zero-order valence-electron chi connectivity index (χ0n) is 14.1. The lowest BCUT2D eigenvalue weighted by atomic mass is 9.95. The Hall–Kier alpha value is -1.89. The van der Waals surface area contributed by atoms with Gasteiger partial charge < -0.3 is 20.5 Å². The normalized spacial score (nSPS) is 24.6. The van der Waals surface area contributed by atoms with Crippen LogP contribution in [0.3, 0.4) is 0 Å². The summed E-state index contributed by atoms with van der Waals surface area (Å²) in [6.45, 7) is 0. The number of hydrogen-bond acceptors (Lipinski definition) is 6. The lowest BCUT2D eigenvalue weighted by Gasteiger charge is -2.23. The van der Waals surface area contributed by atoms with Crippen LogP contribution in [0.4, 0.5) is 5.95 Å². The fourth-order valence-electron chi connectivity index (χ4n) is 3.02. The SMILES string of the molecule is COc1nc(NC2CC2)ncc1C(=O)N[C@@H]1CCCC[C@H](O)CC1. The van der Waals surface area contributed by atoms with Gasteiger partial charge >= 0.3 is 0 Å². The Labute approximate surface area is 142 Å². The Morgan fingerprint density at radius 3 is 2.67 bits per heavy atom. The molecule has 1 aromatic rings. The predicted octanol–water partition coefficient (Wildman–Crippen LogP) is 1.87. The Kier molecular flexibility index (Phi) is 5.50. The Morgan fingerprint density at radius 2 is 1.92 bits per heavy atom. The van der Waals surface area contributed by atoms with E-state index in [1.807, 2.05) is 0 Å². The highest BCUT2D eigenvalue weighted by Crippen LogP contribution is 2.25. The summed E-state index contributed by atoms with van der Waals surface area (Å²) in [6, 6.07) is 0.511. The van der Waals surface area contributed by atoms with Gasteiger partial charge in [-0.2, -0.15) is 4.98 Å². The quantitative estimate of drug-likeness (QED) is 0.761. The summed E-state index contributed by atoms with van der Waals surface area (Å²) in [4.78, 5) is 21.1. The summed E-state index contributed by atoms with van der Waals surface area (Å²) in [6.07, 6.45) is 8.84. The summed E-state index contributed by atoms with van der Waals surface area (Å²) in [5.74, 6) is 0.571. The minimum atomic E-state index is -0.254. The molecule has 1 heterocycles. The number of carbonyl (C=O) groups is 1. The van der Waals surface area contributed by atoms with Gasteiger partial charge in [0.25, 0.3) is 5.91 Å². The fourth-order valence-corrected chi connectivity index (χ4v) is 3.02. The van der Waals surface area contributed by atoms with Crippen molar-refractivity contribution in [3.05, 3.63) is 11.8 Å². The van der Waals surface area contributed by atoms with Crippen LogP contribution in [0, 0.1) is 0 Å².